The summed E-state index contributed by atoms with van der Waals surface area (Å²) in [6.45, 7) is 2.66. The van der Waals surface area contributed by atoms with Crippen LogP contribution in [0, 0.1) is 0 Å². The van der Waals surface area contributed by atoms with Gasteiger partial charge in [-0.3, -0.25) is 9.78 Å². The van der Waals surface area contributed by atoms with Crippen LogP contribution in [0.25, 0.3) is 0 Å². The van der Waals surface area contributed by atoms with Crippen LogP contribution in [0.15, 0.2) is 18.5 Å². The number of pyridine rings is 1. The van der Waals surface area contributed by atoms with Crippen molar-refractivity contribution in [3.8, 4) is 0 Å². The molecular formula is C18H24N2O5. The van der Waals surface area contributed by atoms with Gasteiger partial charge in [-0.2, -0.15) is 0 Å². The quantitative estimate of drug-likeness (QED) is 0.875. The molecule has 1 N–H and O–H groups in total. The second-order valence-corrected chi connectivity index (χ2v) is 6.58. The molecule has 3 heterocycles. The smallest absolute Gasteiger partial charge is 0.337 e. The number of hydrogen-bond donors (Lipinski definition) is 1. The Morgan fingerprint density at radius 3 is 2.64 bits per heavy atom. The van der Waals surface area contributed by atoms with Gasteiger partial charge in [0.25, 0.3) is 5.91 Å². The van der Waals surface area contributed by atoms with Crippen molar-refractivity contribution in [3.05, 3.63) is 29.6 Å². The maximum Gasteiger partial charge on any atom is 0.337 e. The molecule has 0 aliphatic carbocycles. The number of likely N-dealkylation sites (tertiary alicyclic amines) is 1. The molecule has 0 saturated carbocycles. The average molecular weight is 348 g/mol. The first kappa shape index (κ1) is 17.8. The van der Waals surface area contributed by atoms with E-state index in [1.54, 1.807) is 4.90 Å². The van der Waals surface area contributed by atoms with Gasteiger partial charge in [-0.05, 0) is 38.2 Å². The van der Waals surface area contributed by atoms with Gasteiger partial charge in [0.15, 0.2) is 0 Å². The Balaban J connectivity index is 1.47. The summed E-state index contributed by atoms with van der Waals surface area (Å²) in [5, 5.41) is 9.01. The number of rotatable bonds is 5. The third kappa shape index (κ3) is 4.76. The summed E-state index contributed by atoms with van der Waals surface area (Å²) in [5.41, 5.74) is 0.339. The Hall–Kier alpha value is -1.99. The Labute approximate surface area is 146 Å². The molecule has 0 radical (unpaired) electrons. The average Bonchev–Trinajstić information content (AvgIpc) is 2.67. The summed E-state index contributed by atoms with van der Waals surface area (Å²) in [6.07, 6.45) is 7.97. The third-order valence-corrected chi connectivity index (χ3v) is 4.75. The highest BCUT2D eigenvalue weighted by atomic mass is 16.5. The van der Waals surface area contributed by atoms with Crippen molar-refractivity contribution in [2.75, 3.05) is 26.3 Å². The van der Waals surface area contributed by atoms with Gasteiger partial charge in [-0.15, -0.1) is 0 Å². The normalized spacial score (nSPS) is 21.9. The second kappa shape index (κ2) is 8.40. The van der Waals surface area contributed by atoms with Crippen molar-refractivity contribution in [2.45, 2.75) is 44.3 Å². The van der Waals surface area contributed by atoms with Crippen molar-refractivity contribution >= 4 is 11.9 Å². The van der Waals surface area contributed by atoms with E-state index in [1.165, 1.54) is 24.9 Å². The Morgan fingerprint density at radius 1 is 1.20 bits per heavy atom. The fraction of sp³-hybridized carbons (Fsp3) is 0.611. The van der Waals surface area contributed by atoms with E-state index in [-0.39, 0.29) is 23.7 Å². The van der Waals surface area contributed by atoms with E-state index < -0.39 is 5.97 Å². The van der Waals surface area contributed by atoms with Gasteiger partial charge in [-0.1, -0.05) is 0 Å². The molecule has 0 aromatic carbocycles. The van der Waals surface area contributed by atoms with Gasteiger partial charge in [0.1, 0.15) is 0 Å². The number of aromatic carboxylic acids is 1. The molecule has 1 unspecified atom stereocenters. The zero-order valence-corrected chi connectivity index (χ0v) is 14.2. The van der Waals surface area contributed by atoms with Crippen molar-refractivity contribution in [2.24, 2.45) is 0 Å². The molecule has 7 nitrogen and oxygen atoms in total. The summed E-state index contributed by atoms with van der Waals surface area (Å²) >= 11 is 0. The van der Waals surface area contributed by atoms with Crippen LogP contribution in [-0.2, 0) is 9.47 Å². The molecule has 1 aromatic heterocycles. The highest BCUT2D eigenvalue weighted by Crippen LogP contribution is 2.19. The topological polar surface area (TPSA) is 89.0 Å². The molecule has 0 bridgehead atoms. The number of carbonyl (C=O) groups is 2. The number of ether oxygens (including phenoxy) is 2. The van der Waals surface area contributed by atoms with E-state index in [1.807, 2.05) is 0 Å². The molecule has 0 spiro atoms. The first-order valence-corrected chi connectivity index (χ1v) is 8.84. The molecule has 2 aliphatic heterocycles. The monoisotopic (exact) mass is 348 g/mol. The zero-order chi connectivity index (χ0) is 17.6. The van der Waals surface area contributed by atoms with E-state index in [0.717, 1.165) is 32.3 Å². The van der Waals surface area contributed by atoms with Gasteiger partial charge >= 0.3 is 5.97 Å². The molecular weight excluding hydrogens is 324 g/mol. The number of amides is 1. The highest BCUT2D eigenvalue weighted by Gasteiger charge is 2.26. The number of hydrogen-bond acceptors (Lipinski definition) is 5. The number of nitrogens with zero attached hydrogens (tertiary/aromatic N) is 2. The molecule has 2 aliphatic rings. The van der Waals surface area contributed by atoms with Gasteiger partial charge in [0.05, 0.1) is 29.9 Å². The van der Waals surface area contributed by atoms with E-state index >= 15 is 0 Å². The number of piperidine rings is 1. The number of aromatic nitrogens is 1. The fourth-order valence-corrected chi connectivity index (χ4v) is 3.26. The van der Waals surface area contributed by atoms with E-state index in [0.29, 0.717) is 25.3 Å². The summed E-state index contributed by atoms with van der Waals surface area (Å²) in [5.74, 6) is -1.26. The minimum atomic E-state index is -1.08. The SMILES string of the molecule is O=C(O)c1cncc(C(=O)N2CCC(OCC3CCCCO3)CC2)c1. The van der Waals surface area contributed by atoms with E-state index in [9.17, 15) is 9.59 Å². The lowest BCUT2D eigenvalue weighted by molar-refractivity contribution is -0.0733. The van der Waals surface area contributed by atoms with Crippen LogP contribution < -0.4 is 0 Å². The van der Waals surface area contributed by atoms with Gasteiger partial charge < -0.3 is 19.5 Å². The first-order chi connectivity index (χ1) is 12.1. The van der Waals surface area contributed by atoms with Crippen molar-refractivity contribution in [1.29, 1.82) is 0 Å². The number of carboxylic acids is 1. The molecule has 136 valence electrons. The fourth-order valence-electron chi connectivity index (χ4n) is 3.26. The van der Waals surface area contributed by atoms with Crippen LogP contribution in [0.3, 0.4) is 0 Å². The van der Waals surface area contributed by atoms with Crippen LogP contribution in [-0.4, -0.2) is 65.4 Å². The van der Waals surface area contributed by atoms with Crippen LogP contribution in [0.5, 0.6) is 0 Å². The first-order valence-electron chi connectivity index (χ1n) is 8.84. The molecule has 2 fully saturated rings. The summed E-state index contributed by atoms with van der Waals surface area (Å²) in [7, 11) is 0. The standard InChI is InChI=1S/C18H24N2O5/c21-17(13-9-14(18(22)23)11-19-10-13)20-6-4-15(5-7-20)25-12-16-3-1-2-8-24-16/h9-11,15-16H,1-8,12H2,(H,22,23). The van der Waals surface area contributed by atoms with Crippen LogP contribution >= 0.6 is 0 Å². The van der Waals surface area contributed by atoms with Crippen molar-refractivity contribution in [1.82, 2.24) is 9.88 Å². The molecule has 3 rings (SSSR count). The second-order valence-electron chi connectivity index (χ2n) is 6.58. The lowest BCUT2D eigenvalue weighted by atomic mass is 10.1. The predicted molar refractivity (Wildman–Crippen MR) is 89.7 cm³/mol. The van der Waals surface area contributed by atoms with Crippen molar-refractivity contribution in [3.63, 3.8) is 0 Å². The highest BCUT2D eigenvalue weighted by molar-refractivity contribution is 5.97. The van der Waals surface area contributed by atoms with Gasteiger partial charge in [0.2, 0.25) is 0 Å². The summed E-state index contributed by atoms with van der Waals surface area (Å²) in [6, 6.07) is 1.38. The number of carboxylic acid groups (broad SMARTS) is 1. The molecule has 7 heteroatoms. The Bertz CT molecular complexity index is 607. The van der Waals surface area contributed by atoms with Crippen LogP contribution in [0.2, 0.25) is 0 Å². The molecule has 2 saturated heterocycles. The summed E-state index contributed by atoms with van der Waals surface area (Å²) < 4.78 is 11.6. The molecule has 1 atom stereocenters. The Kier molecular flexibility index (Phi) is 5.99. The predicted octanol–water partition coefficient (Wildman–Crippen LogP) is 1.97. The minimum absolute atomic E-state index is 0.0246. The number of carbonyl (C=O) groups excluding carboxylic acids is 1. The summed E-state index contributed by atoms with van der Waals surface area (Å²) in [4.78, 5) is 29.1. The minimum Gasteiger partial charge on any atom is -0.478 e. The zero-order valence-electron chi connectivity index (χ0n) is 14.2. The third-order valence-electron chi connectivity index (χ3n) is 4.75. The van der Waals surface area contributed by atoms with Gasteiger partial charge in [-0.25, -0.2) is 4.79 Å². The largest absolute Gasteiger partial charge is 0.478 e. The van der Waals surface area contributed by atoms with Crippen LogP contribution in [0.4, 0.5) is 0 Å². The van der Waals surface area contributed by atoms with E-state index in [2.05, 4.69) is 4.98 Å². The maximum atomic E-state index is 12.5. The van der Waals surface area contributed by atoms with E-state index in [4.69, 9.17) is 14.6 Å². The molecule has 1 aromatic rings. The van der Waals surface area contributed by atoms with Gasteiger partial charge in [0, 0.05) is 32.1 Å². The lowest BCUT2D eigenvalue weighted by Gasteiger charge is -2.33. The molecule has 25 heavy (non-hydrogen) atoms. The van der Waals surface area contributed by atoms with Crippen molar-refractivity contribution < 1.29 is 24.2 Å². The lowest BCUT2D eigenvalue weighted by Crippen LogP contribution is -2.41. The molecule has 1 amide bonds. The Morgan fingerprint density at radius 2 is 1.96 bits per heavy atom. The maximum absolute atomic E-state index is 12.5. The van der Waals surface area contributed by atoms with Crippen LogP contribution in [0.1, 0.15) is 52.8 Å².